The molecule has 0 spiro atoms. The van der Waals surface area contributed by atoms with Gasteiger partial charge in [-0.2, -0.15) is 0 Å². The molecule has 3 rings (SSSR count). The Hall–Kier alpha value is -2.15. The number of rotatable bonds is 4. The van der Waals surface area contributed by atoms with Crippen molar-refractivity contribution in [1.29, 1.82) is 0 Å². The van der Waals surface area contributed by atoms with Gasteiger partial charge in [-0.15, -0.1) is 0 Å². The summed E-state index contributed by atoms with van der Waals surface area (Å²) in [7, 11) is 0. The highest BCUT2D eigenvalue weighted by Gasteiger charge is 2.23. The summed E-state index contributed by atoms with van der Waals surface area (Å²) in [5, 5.41) is 5.89. The topological polar surface area (TPSA) is 79.9 Å². The lowest BCUT2D eigenvalue weighted by molar-refractivity contribution is -0.127. The molecule has 7 nitrogen and oxygen atoms in total. The van der Waals surface area contributed by atoms with E-state index in [2.05, 4.69) is 10.6 Å². The Bertz CT molecular complexity index is 652. The van der Waals surface area contributed by atoms with E-state index >= 15 is 0 Å². The van der Waals surface area contributed by atoms with E-state index in [0.29, 0.717) is 48.4 Å². The predicted octanol–water partition coefficient (Wildman–Crippen LogP) is 2.24. The second-order valence-electron chi connectivity index (χ2n) is 5.92. The Morgan fingerprint density at radius 3 is 2.71 bits per heavy atom. The first-order chi connectivity index (χ1) is 11.5. The molecule has 8 heteroatoms. The maximum Gasteiger partial charge on any atom is 0.319 e. The maximum absolute atomic E-state index is 12.1. The van der Waals surface area contributed by atoms with Crippen LogP contribution < -0.4 is 20.1 Å². The summed E-state index contributed by atoms with van der Waals surface area (Å²) in [6.45, 7) is 4.04. The number of nitrogens with zero attached hydrogens (tertiary/aromatic N) is 1. The van der Waals surface area contributed by atoms with Gasteiger partial charge in [-0.25, -0.2) is 4.79 Å². The molecule has 1 saturated heterocycles. The SMILES string of the molecule is CC(CN1CCCC1=O)NC(=O)Nc1cc2c(cc1Cl)OCCO2. The molecule has 2 aliphatic heterocycles. The molecule has 0 saturated carbocycles. The zero-order valence-corrected chi connectivity index (χ0v) is 14.2. The minimum absolute atomic E-state index is 0.138. The Morgan fingerprint density at radius 2 is 2.04 bits per heavy atom. The third kappa shape index (κ3) is 3.84. The number of ether oxygens (including phenoxy) is 2. The van der Waals surface area contributed by atoms with Crippen molar-refractivity contribution in [1.82, 2.24) is 10.2 Å². The van der Waals surface area contributed by atoms with E-state index in [9.17, 15) is 9.59 Å². The number of fused-ring (bicyclic) bond motifs is 1. The fraction of sp³-hybridized carbons (Fsp3) is 0.500. The number of halogens is 1. The summed E-state index contributed by atoms with van der Waals surface area (Å²) in [6, 6.07) is 2.72. The van der Waals surface area contributed by atoms with Gasteiger partial charge in [-0.3, -0.25) is 4.79 Å². The van der Waals surface area contributed by atoms with Gasteiger partial charge in [0.15, 0.2) is 11.5 Å². The number of anilines is 1. The smallest absolute Gasteiger partial charge is 0.319 e. The van der Waals surface area contributed by atoms with Gasteiger partial charge in [0.1, 0.15) is 13.2 Å². The molecule has 1 aromatic carbocycles. The van der Waals surface area contributed by atoms with Crippen molar-refractivity contribution < 1.29 is 19.1 Å². The lowest BCUT2D eigenvalue weighted by atomic mass is 10.2. The van der Waals surface area contributed by atoms with Gasteiger partial charge >= 0.3 is 6.03 Å². The molecular weight excluding hydrogens is 334 g/mol. The molecular formula is C16H20ClN3O4. The van der Waals surface area contributed by atoms with E-state index in [1.807, 2.05) is 6.92 Å². The Labute approximate surface area is 145 Å². The van der Waals surface area contributed by atoms with E-state index in [1.165, 1.54) is 0 Å². The minimum atomic E-state index is -0.382. The number of hydrogen-bond acceptors (Lipinski definition) is 4. The Balaban J connectivity index is 1.57. The predicted molar refractivity (Wildman–Crippen MR) is 89.9 cm³/mol. The van der Waals surface area contributed by atoms with Gasteiger partial charge < -0.3 is 25.0 Å². The minimum Gasteiger partial charge on any atom is -0.486 e. The molecule has 2 aliphatic rings. The van der Waals surface area contributed by atoms with E-state index < -0.39 is 0 Å². The van der Waals surface area contributed by atoms with Crippen LogP contribution in [0.3, 0.4) is 0 Å². The molecule has 0 aliphatic carbocycles. The number of carbonyl (C=O) groups excluding carboxylic acids is 2. The quantitative estimate of drug-likeness (QED) is 0.870. The van der Waals surface area contributed by atoms with E-state index in [0.717, 1.165) is 13.0 Å². The molecule has 0 bridgehead atoms. The van der Waals surface area contributed by atoms with Gasteiger partial charge in [0.05, 0.1) is 10.7 Å². The summed E-state index contributed by atoms with van der Waals surface area (Å²) in [5.41, 5.74) is 0.447. The molecule has 3 amide bonds. The van der Waals surface area contributed by atoms with Crippen LogP contribution in [-0.2, 0) is 4.79 Å². The first-order valence-corrected chi connectivity index (χ1v) is 8.35. The summed E-state index contributed by atoms with van der Waals surface area (Å²) >= 11 is 6.17. The second kappa shape index (κ2) is 7.17. The van der Waals surface area contributed by atoms with Gasteiger partial charge in [0, 0.05) is 37.7 Å². The van der Waals surface area contributed by atoms with E-state index in [1.54, 1.807) is 17.0 Å². The largest absolute Gasteiger partial charge is 0.486 e. The van der Waals surface area contributed by atoms with Crippen LogP contribution in [0.5, 0.6) is 11.5 Å². The van der Waals surface area contributed by atoms with Crippen molar-refractivity contribution in [2.75, 3.05) is 31.6 Å². The Morgan fingerprint density at radius 1 is 1.33 bits per heavy atom. The van der Waals surface area contributed by atoms with Crippen molar-refractivity contribution in [2.45, 2.75) is 25.8 Å². The molecule has 130 valence electrons. The molecule has 0 aromatic heterocycles. The van der Waals surface area contributed by atoms with Crippen molar-refractivity contribution in [2.24, 2.45) is 0 Å². The Kier molecular flexibility index (Phi) is 4.99. The number of urea groups is 1. The summed E-state index contributed by atoms with van der Waals surface area (Å²) in [4.78, 5) is 25.5. The highest BCUT2D eigenvalue weighted by Crippen LogP contribution is 2.37. The summed E-state index contributed by atoms with van der Waals surface area (Å²) < 4.78 is 10.9. The van der Waals surface area contributed by atoms with Crippen LogP contribution in [0.15, 0.2) is 12.1 Å². The van der Waals surface area contributed by atoms with Crippen molar-refractivity contribution >= 4 is 29.2 Å². The molecule has 24 heavy (non-hydrogen) atoms. The summed E-state index contributed by atoms with van der Waals surface area (Å²) in [5.74, 6) is 1.26. The number of benzene rings is 1. The zero-order valence-electron chi connectivity index (χ0n) is 13.4. The highest BCUT2D eigenvalue weighted by molar-refractivity contribution is 6.34. The molecule has 1 unspecified atom stereocenters. The molecule has 2 heterocycles. The third-order valence-corrected chi connectivity index (χ3v) is 4.24. The number of nitrogens with one attached hydrogen (secondary N) is 2. The van der Waals surface area contributed by atoms with Gasteiger partial charge in [0.2, 0.25) is 5.91 Å². The van der Waals surface area contributed by atoms with Gasteiger partial charge in [-0.05, 0) is 13.3 Å². The van der Waals surface area contributed by atoms with Crippen LogP contribution in [0.25, 0.3) is 0 Å². The average molecular weight is 354 g/mol. The fourth-order valence-electron chi connectivity index (χ4n) is 2.82. The maximum atomic E-state index is 12.1. The zero-order chi connectivity index (χ0) is 17.1. The first kappa shape index (κ1) is 16.7. The summed E-state index contributed by atoms with van der Waals surface area (Å²) in [6.07, 6.45) is 1.47. The molecule has 2 N–H and O–H groups in total. The number of likely N-dealkylation sites (tertiary alicyclic amines) is 1. The highest BCUT2D eigenvalue weighted by atomic mass is 35.5. The number of carbonyl (C=O) groups is 2. The van der Waals surface area contributed by atoms with Gasteiger partial charge in [-0.1, -0.05) is 11.6 Å². The van der Waals surface area contributed by atoms with Crippen molar-refractivity contribution in [3.05, 3.63) is 17.2 Å². The van der Waals surface area contributed by atoms with Crippen LogP contribution >= 0.6 is 11.6 Å². The van der Waals surface area contributed by atoms with Gasteiger partial charge in [0.25, 0.3) is 0 Å². The van der Waals surface area contributed by atoms with Crippen LogP contribution in [0, 0.1) is 0 Å². The average Bonchev–Trinajstić information content (AvgIpc) is 2.93. The molecule has 1 aromatic rings. The monoisotopic (exact) mass is 353 g/mol. The van der Waals surface area contributed by atoms with Crippen LogP contribution in [0.1, 0.15) is 19.8 Å². The lowest BCUT2D eigenvalue weighted by Crippen LogP contribution is -2.44. The number of hydrogen-bond donors (Lipinski definition) is 2. The lowest BCUT2D eigenvalue weighted by Gasteiger charge is -2.22. The molecule has 0 radical (unpaired) electrons. The van der Waals surface area contributed by atoms with Crippen molar-refractivity contribution in [3.63, 3.8) is 0 Å². The van der Waals surface area contributed by atoms with E-state index in [-0.39, 0.29) is 18.0 Å². The first-order valence-electron chi connectivity index (χ1n) is 7.97. The molecule has 1 fully saturated rings. The van der Waals surface area contributed by atoms with E-state index in [4.69, 9.17) is 21.1 Å². The standard InChI is InChI=1S/C16H20ClN3O4/c1-10(9-20-4-2-3-15(20)21)18-16(22)19-12-8-14-13(7-11(12)17)23-5-6-24-14/h7-8,10H,2-6,9H2,1H3,(H2,18,19,22). The number of amides is 3. The molecule has 1 atom stereocenters. The second-order valence-corrected chi connectivity index (χ2v) is 6.33. The van der Waals surface area contributed by atoms with Crippen LogP contribution in [-0.4, -0.2) is 49.2 Å². The van der Waals surface area contributed by atoms with Crippen LogP contribution in [0.2, 0.25) is 5.02 Å². The fourth-order valence-corrected chi connectivity index (χ4v) is 3.02. The normalized spacial score (nSPS) is 17.6. The van der Waals surface area contributed by atoms with Crippen LogP contribution in [0.4, 0.5) is 10.5 Å². The van der Waals surface area contributed by atoms with Crippen molar-refractivity contribution in [3.8, 4) is 11.5 Å². The third-order valence-electron chi connectivity index (χ3n) is 3.92.